The van der Waals surface area contributed by atoms with Crippen molar-refractivity contribution in [1.29, 1.82) is 0 Å². The number of thiazole rings is 1. The minimum atomic E-state index is -0.123. The van der Waals surface area contributed by atoms with Crippen LogP contribution < -0.4 is 4.90 Å². The van der Waals surface area contributed by atoms with Gasteiger partial charge in [-0.15, -0.1) is 0 Å². The van der Waals surface area contributed by atoms with Crippen LogP contribution >= 0.6 is 11.3 Å². The molecule has 0 aliphatic heterocycles. The number of anilines is 1. The molecule has 0 aliphatic rings. The highest BCUT2D eigenvalue weighted by molar-refractivity contribution is 7.22. The molecule has 0 saturated heterocycles. The maximum Gasteiger partial charge on any atom is 0.263 e. The Bertz CT molecular complexity index is 1040. The molecule has 4 aromatic rings. The molecule has 130 valence electrons. The van der Waals surface area contributed by atoms with Gasteiger partial charge in [-0.1, -0.05) is 29.5 Å². The van der Waals surface area contributed by atoms with Crippen LogP contribution in [0.25, 0.3) is 10.2 Å². The summed E-state index contributed by atoms with van der Waals surface area (Å²) >= 11 is 1.50. The first kappa shape index (κ1) is 16.5. The van der Waals surface area contributed by atoms with Crippen molar-refractivity contribution in [3.05, 3.63) is 77.5 Å². The van der Waals surface area contributed by atoms with Crippen molar-refractivity contribution in [3.8, 4) is 0 Å². The van der Waals surface area contributed by atoms with E-state index in [0.29, 0.717) is 23.0 Å². The van der Waals surface area contributed by atoms with Crippen molar-refractivity contribution in [1.82, 2.24) is 9.97 Å². The summed E-state index contributed by atoms with van der Waals surface area (Å²) in [7, 11) is 0. The maximum atomic E-state index is 13.3. The number of para-hydroxylation sites is 1. The van der Waals surface area contributed by atoms with Gasteiger partial charge in [0.1, 0.15) is 11.5 Å². The van der Waals surface area contributed by atoms with Crippen LogP contribution in [-0.4, -0.2) is 15.9 Å². The Morgan fingerprint density at radius 1 is 1.19 bits per heavy atom. The van der Waals surface area contributed by atoms with Gasteiger partial charge in [-0.3, -0.25) is 14.7 Å². The zero-order valence-electron chi connectivity index (χ0n) is 14.5. The van der Waals surface area contributed by atoms with E-state index in [1.165, 1.54) is 11.3 Å². The number of aromatic nitrogens is 2. The molecule has 0 saturated carbocycles. The van der Waals surface area contributed by atoms with Gasteiger partial charge < -0.3 is 4.42 Å². The highest BCUT2D eigenvalue weighted by Gasteiger charge is 2.25. The molecule has 0 N–H and O–H groups in total. The summed E-state index contributed by atoms with van der Waals surface area (Å²) in [6.45, 7) is 4.05. The van der Waals surface area contributed by atoms with Gasteiger partial charge in [-0.05, 0) is 43.7 Å². The molecule has 4 rings (SSSR count). The topological polar surface area (TPSA) is 59.2 Å². The predicted molar refractivity (Wildman–Crippen MR) is 103 cm³/mol. The van der Waals surface area contributed by atoms with Crippen molar-refractivity contribution in [2.24, 2.45) is 0 Å². The van der Waals surface area contributed by atoms with Gasteiger partial charge in [0, 0.05) is 12.4 Å². The van der Waals surface area contributed by atoms with Gasteiger partial charge >= 0.3 is 0 Å². The monoisotopic (exact) mass is 363 g/mol. The van der Waals surface area contributed by atoms with Gasteiger partial charge in [0.2, 0.25) is 0 Å². The van der Waals surface area contributed by atoms with Gasteiger partial charge in [0.25, 0.3) is 5.91 Å². The van der Waals surface area contributed by atoms with E-state index in [0.717, 1.165) is 21.5 Å². The molecule has 1 aromatic carbocycles. The van der Waals surface area contributed by atoms with Crippen LogP contribution in [0.2, 0.25) is 0 Å². The van der Waals surface area contributed by atoms with Gasteiger partial charge in [0.05, 0.1) is 22.3 Å². The number of nitrogens with zero attached hydrogens (tertiary/aromatic N) is 3. The Morgan fingerprint density at radius 2 is 2.04 bits per heavy atom. The molecule has 0 atom stereocenters. The van der Waals surface area contributed by atoms with Crippen LogP contribution in [0.5, 0.6) is 0 Å². The van der Waals surface area contributed by atoms with Crippen molar-refractivity contribution in [3.63, 3.8) is 0 Å². The number of rotatable bonds is 4. The fraction of sp³-hybridized carbons (Fsp3) is 0.150. The summed E-state index contributed by atoms with van der Waals surface area (Å²) in [4.78, 5) is 23.8. The lowest BCUT2D eigenvalue weighted by molar-refractivity contribution is 0.0983. The quantitative estimate of drug-likeness (QED) is 0.525. The third kappa shape index (κ3) is 3.11. The van der Waals surface area contributed by atoms with Crippen LogP contribution in [0, 0.1) is 13.8 Å². The van der Waals surface area contributed by atoms with Gasteiger partial charge in [-0.25, -0.2) is 4.98 Å². The number of furan rings is 1. The van der Waals surface area contributed by atoms with Gasteiger partial charge in [0.15, 0.2) is 5.13 Å². The molecule has 0 fully saturated rings. The van der Waals surface area contributed by atoms with E-state index in [1.54, 1.807) is 30.3 Å². The van der Waals surface area contributed by atoms with E-state index in [2.05, 4.69) is 9.97 Å². The molecule has 6 heteroatoms. The fourth-order valence-electron chi connectivity index (χ4n) is 2.86. The third-order valence-electron chi connectivity index (χ3n) is 4.09. The lowest BCUT2D eigenvalue weighted by Crippen LogP contribution is -2.30. The molecular weight excluding hydrogens is 346 g/mol. The Balaban J connectivity index is 1.78. The molecule has 0 aliphatic carbocycles. The molecule has 0 spiro atoms. The summed E-state index contributed by atoms with van der Waals surface area (Å²) in [5, 5.41) is 0.665. The summed E-state index contributed by atoms with van der Waals surface area (Å²) in [6, 6.07) is 13.5. The summed E-state index contributed by atoms with van der Waals surface area (Å²) in [5.74, 6) is 1.21. The van der Waals surface area contributed by atoms with Crippen molar-refractivity contribution in [2.75, 3.05) is 4.90 Å². The third-order valence-corrected chi connectivity index (χ3v) is 5.15. The molecule has 0 unspecified atom stereocenters. The highest BCUT2D eigenvalue weighted by Crippen LogP contribution is 2.31. The number of benzene rings is 1. The summed E-state index contributed by atoms with van der Waals surface area (Å²) in [5.41, 5.74) is 2.39. The summed E-state index contributed by atoms with van der Waals surface area (Å²) < 4.78 is 6.60. The second-order valence-corrected chi connectivity index (χ2v) is 7.05. The number of aryl methyl sites for hydroxylation is 2. The van der Waals surface area contributed by atoms with E-state index in [9.17, 15) is 4.79 Å². The van der Waals surface area contributed by atoms with E-state index < -0.39 is 0 Å². The van der Waals surface area contributed by atoms with E-state index in [4.69, 9.17) is 4.42 Å². The first-order valence-corrected chi connectivity index (χ1v) is 9.07. The molecule has 5 nitrogen and oxygen atoms in total. The zero-order chi connectivity index (χ0) is 18.1. The van der Waals surface area contributed by atoms with E-state index in [1.807, 2.05) is 43.3 Å². The SMILES string of the molecule is Cc1cc(C(=O)N(Cc2cccnc2)c2nc3ccccc3s2)c(C)o1. The number of fused-ring (bicyclic) bond motifs is 1. The highest BCUT2D eigenvalue weighted by atomic mass is 32.1. The smallest absolute Gasteiger partial charge is 0.263 e. The minimum Gasteiger partial charge on any atom is -0.466 e. The Hall–Kier alpha value is -2.99. The van der Waals surface area contributed by atoms with Crippen molar-refractivity contribution in [2.45, 2.75) is 20.4 Å². The molecule has 26 heavy (non-hydrogen) atoms. The normalized spacial score (nSPS) is 11.0. The number of carbonyl (C=O) groups excluding carboxylic acids is 1. The minimum absolute atomic E-state index is 0.123. The number of hydrogen-bond donors (Lipinski definition) is 0. The van der Waals surface area contributed by atoms with Crippen LogP contribution in [0.15, 0.2) is 59.3 Å². The van der Waals surface area contributed by atoms with Crippen LogP contribution in [-0.2, 0) is 6.54 Å². The lowest BCUT2D eigenvalue weighted by atomic mass is 10.2. The molecule has 0 bridgehead atoms. The van der Waals surface area contributed by atoms with Gasteiger partial charge in [-0.2, -0.15) is 0 Å². The van der Waals surface area contributed by atoms with Crippen molar-refractivity contribution >= 4 is 32.6 Å². The molecule has 0 radical (unpaired) electrons. The largest absolute Gasteiger partial charge is 0.466 e. The number of hydrogen-bond acceptors (Lipinski definition) is 5. The number of carbonyl (C=O) groups is 1. The average molecular weight is 363 g/mol. The number of amides is 1. The van der Waals surface area contributed by atoms with E-state index in [-0.39, 0.29) is 5.91 Å². The molecular formula is C20H17N3O2S. The average Bonchev–Trinajstić information content (AvgIpc) is 3.22. The first-order valence-electron chi connectivity index (χ1n) is 8.25. The van der Waals surface area contributed by atoms with Crippen LogP contribution in [0.3, 0.4) is 0 Å². The zero-order valence-corrected chi connectivity index (χ0v) is 15.3. The maximum absolute atomic E-state index is 13.3. The predicted octanol–water partition coefficient (Wildman–Crippen LogP) is 4.75. The Kier molecular flexibility index (Phi) is 4.26. The summed E-state index contributed by atoms with van der Waals surface area (Å²) in [6.07, 6.45) is 3.48. The van der Waals surface area contributed by atoms with Crippen LogP contribution in [0.4, 0.5) is 5.13 Å². The Morgan fingerprint density at radius 3 is 2.73 bits per heavy atom. The first-order chi connectivity index (χ1) is 12.6. The second-order valence-electron chi connectivity index (χ2n) is 6.04. The second kappa shape index (κ2) is 6.72. The fourth-order valence-corrected chi connectivity index (χ4v) is 3.83. The number of pyridine rings is 1. The Labute approximate surface area is 154 Å². The lowest BCUT2D eigenvalue weighted by Gasteiger charge is -2.19. The molecule has 3 aromatic heterocycles. The molecule has 3 heterocycles. The molecule has 1 amide bonds. The van der Waals surface area contributed by atoms with E-state index >= 15 is 0 Å². The standard InChI is InChI=1S/C20H17N3O2S/c1-13-10-16(14(2)25-13)19(24)23(12-15-6-5-9-21-11-15)20-22-17-7-3-4-8-18(17)26-20/h3-11H,12H2,1-2H3. The van der Waals surface area contributed by atoms with Crippen LogP contribution in [0.1, 0.15) is 27.4 Å². The van der Waals surface area contributed by atoms with Crippen molar-refractivity contribution < 1.29 is 9.21 Å².